The third kappa shape index (κ3) is 3.71. The van der Waals surface area contributed by atoms with Crippen molar-refractivity contribution in [3.8, 4) is 16.4 Å². The van der Waals surface area contributed by atoms with Gasteiger partial charge in [-0.05, 0) is 55.5 Å². The van der Waals surface area contributed by atoms with Gasteiger partial charge < -0.3 is 5.32 Å². The summed E-state index contributed by atoms with van der Waals surface area (Å²) in [5.41, 5.74) is 2.97. The van der Waals surface area contributed by atoms with Gasteiger partial charge in [-0.1, -0.05) is 53.3 Å². The second-order valence-electron chi connectivity index (χ2n) is 6.99. The molecule has 1 N–H and O–H groups in total. The molecule has 0 amide bonds. The van der Waals surface area contributed by atoms with Crippen LogP contribution in [0.3, 0.4) is 0 Å². The van der Waals surface area contributed by atoms with E-state index in [2.05, 4.69) is 10.3 Å². The summed E-state index contributed by atoms with van der Waals surface area (Å²) in [7, 11) is 0. The highest BCUT2D eigenvalue weighted by Crippen LogP contribution is 2.34. The van der Waals surface area contributed by atoms with E-state index in [1.807, 2.05) is 67.6 Å². The van der Waals surface area contributed by atoms with Crippen LogP contribution in [0.5, 0.6) is 0 Å². The predicted molar refractivity (Wildman–Crippen MR) is 128 cm³/mol. The van der Waals surface area contributed by atoms with Crippen molar-refractivity contribution in [1.29, 1.82) is 0 Å². The Morgan fingerprint density at radius 2 is 1.61 bits per heavy atom. The molecular formula is C24H17ClN4OS. The molecule has 5 nitrogen and oxygen atoms in total. The minimum absolute atomic E-state index is 0.131. The lowest BCUT2D eigenvalue weighted by Gasteiger charge is -2.13. The van der Waals surface area contributed by atoms with Crippen LogP contribution in [-0.2, 0) is 0 Å². The van der Waals surface area contributed by atoms with Crippen LogP contribution >= 0.6 is 22.9 Å². The lowest BCUT2D eigenvalue weighted by Crippen LogP contribution is -2.21. The van der Waals surface area contributed by atoms with E-state index in [1.54, 1.807) is 22.8 Å². The van der Waals surface area contributed by atoms with Crippen LogP contribution in [0.15, 0.2) is 83.7 Å². The molecule has 5 aromatic rings. The van der Waals surface area contributed by atoms with Gasteiger partial charge in [0.2, 0.25) is 0 Å². The van der Waals surface area contributed by atoms with Crippen LogP contribution < -0.4 is 10.9 Å². The van der Waals surface area contributed by atoms with Gasteiger partial charge in [0.15, 0.2) is 11.0 Å². The van der Waals surface area contributed by atoms with Gasteiger partial charge in [0.05, 0.1) is 27.2 Å². The molecule has 0 saturated heterocycles. The molecule has 31 heavy (non-hydrogen) atoms. The molecule has 3 aromatic carbocycles. The van der Waals surface area contributed by atoms with Crippen molar-refractivity contribution < 1.29 is 0 Å². The first-order valence-electron chi connectivity index (χ1n) is 9.68. The van der Waals surface area contributed by atoms with Gasteiger partial charge in [-0.3, -0.25) is 9.36 Å². The van der Waals surface area contributed by atoms with Crippen molar-refractivity contribution in [2.45, 2.75) is 6.92 Å². The average molecular weight is 445 g/mol. The molecule has 5 rings (SSSR count). The molecule has 152 valence electrons. The fourth-order valence-corrected chi connectivity index (χ4v) is 4.51. The summed E-state index contributed by atoms with van der Waals surface area (Å²) in [5.74, 6) is 0.558. The Balaban J connectivity index is 1.72. The zero-order chi connectivity index (χ0) is 21.4. The SMILES string of the molecule is Cc1nc(Nc2ccccc2)sc1-c1nc2ccccc2c(=O)n1-c1ccc(Cl)cc1. The Morgan fingerprint density at radius 1 is 0.903 bits per heavy atom. The van der Waals surface area contributed by atoms with Crippen LogP contribution in [0.25, 0.3) is 27.3 Å². The summed E-state index contributed by atoms with van der Waals surface area (Å²) in [6.07, 6.45) is 0. The number of halogens is 1. The molecule has 0 atom stereocenters. The standard InChI is InChI=1S/C24H17ClN4OS/c1-15-21(31-24(26-15)27-17-7-3-2-4-8-17)22-28-20-10-6-5-9-19(20)23(30)29(22)18-13-11-16(25)12-14-18/h2-14H,1H3,(H,26,27). The first kappa shape index (κ1) is 19.5. The maximum atomic E-state index is 13.5. The number of hydrogen-bond acceptors (Lipinski definition) is 5. The molecule has 0 spiro atoms. The van der Waals surface area contributed by atoms with Gasteiger partial charge in [0.25, 0.3) is 5.56 Å². The Hall–Kier alpha value is -3.48. The number of thiazole rings is 1. The molecule has 2 aromatic heterocycles. The normalized spacial score (nSPS) is 11.0. The number of para-hydroxylation sites is 2. The van der Waals surface area contributed by atoms with E-state index in [4.69, 9.17) is 16.6 Å². The first-order valence-corrected chi connectivity index (χ1v) is 10.9. The zero-order valence-corrected chi connectivity index (χ0v) is 18.1. The summed E-state index contributed by atoms with van der Waals surface area (Å²) in [6.45, 7) is 1.93. The molecule has 0 aliphatic rings. The zero-order valence-electron chi connectivity index (χ0n) is 16.5. The molecule has 0 aliphatic carbocycles. The molecule has 0 saturated carbocycles. The monoisotopic (exact) mass is 444 g/mol. The molecule has 0 bridgehead atoms. The van der Waals surface area contributed by atoms with Crippen LogP contribution in [-0.4, -0.2) is 14.5 Å². The number of nitrogens with one attached hydrogen (secondary N) is 1. The quantitative estimate of drug-likeness (QED) is 0.357. The smallest absolute Gasteiger partial charge is 0.266 e. The number of anilines is 2. The largest absolute Gasteiger partial charge is 0.332 e. The van der Waals surface area contributed by atoms with E-state index in [0.29, 0.717) is 27.4 Å². The van der Waals surface area contributed by atoms with Gasteiger partial charge in [0, 0.05) is 10.7 Å². The number of nitrogens with zero attached hydrogens (tertiary/aromatic N) is 3. The third-order valence-corrected chi connectivity index (χ3v) is 6.21. The third-order valence-electron chi connectivity index (χ3n) is 4.89. The summed E-state index contributed by atoms with van der Waals surface area (Å²) in [5, 5.41) is 5.24. The Morgan fingerprint density at radius 3 is 2.39 bits per heavy atom. The number of fused-ring (bicyclic) bond motifs is 1. The first-order chi connectivity index (χ1) is 15.1. The van der Waals surface area contributed by atoms with Crippen molar-refractivity contribution in [3.05, 3.63) is 99.9 Å². The van der Waals surface area contributed by atoms with Crippen molar-refractivity contribution in [2.24, 2.45) is 0 Å². The number of rotatable bonds is 4. The highest BCUT2D eigenvalue weighted by Gasteiger charge is 2.19. The van der Waals surface area contributed by atoms with Gasteiger partial charge in [-0.2, -0.15) is 0 Å². The van der Waals surface area contributed by atoms with E-state index < -0.39 is 0 Å². The van der Waals surface area contributed by atoms with E-state index in [-0.39, 0.29) is 5.56 Å². The average Bonchev–Trinajstić information content (AvgIpc) is 3.15. The van der Waals surface area contributed by atoms with Crippen molar-refractivity contribution in [3.63, 3.8) is 0 Å². The Bertz CT molecular complexity index is 1440. The number of hydrogen-bond donors (Lipinski definition) is 1. The van der Waals surface area contributed by atoms with E-state index in [9.17, 15) is 4.79 Å². The molecule has 0 unspecified atom stereocenters. The molecule has 0 fully saturated rings. The van der Waals surface area contributed by atoms with E-state index in [0.717, 1.165) is 21.4 Å². The molecule has 7 heteroatoms. The topological polar surface area (TPSA) is 59.8 Å². The number of benzene rings is 3. The lowest BCUT2D eigenvalue weighted by atomic mass is 10.2. The van der Waals surface area contributed by atoms with Gasteiger partial charge >= 0.3 is 0 Å². The number of aromatic nitrogens is 3. The second-order valence-corrected chi connectivity index (χ2v) is 8.43. The molecule has 0 radical (unpaired) electrons. The van der Waals surface area contributed by atoms with Crippen molar-refractivity contribution in [1.82, 2.24) is 14.5 Å². The Labute approximate surface area is 187 Å². The predicted octanol–water partition coefficient (Wildman–Crippen LogP) is 6.21. The Kier molecular flexibility index (Phi) is 5.02. The minimum Gasteiger partial charge on any atom is -0.332 e. The van der Waals surface area contributed by atoms with Gasteiger partial charge in [0.1, 0.15) is 0 Å². The fraction of sp³-hybridized carbons (Fsp3) is 0.0417. The van der Waals surface area contributed by atoms with E-state index in [1.165, 1.54) is 11.3 Å². The highest BCUT2D eigenvalue weighted by atomic mass is 35.5. The van der Waals surface area contributed by atoms with Crippen LogP contribution in [0.2, 0.25) is 5.02 Å². The van der Waals surface area contributed by atoms with Crippen LogP contribution in [0.1, 0.15) is 5.69 Å². The minimum atomic E-state index is -0.131. The molecular weight excluding hydrogens is 428 g/mol. The summed E-state index contributed by atoms with van der Waals surface area (Å²) < 4.78 is 1.63. The summed E-state index contributed by atoms with van der Waals surface area (Å²) in [6, 6.07) is 24.4. The second kappa shape index (κ2) is 7.98. The fourth-order valence-electron chi connectivity index (χ4n) is 3.42. The van der Waals surface area contributed by atoms with Gasteiger partial charge in [-0.15, -0.1) is 0 Å². The van der Waals surface area contributed by atoms with Gasteiger partial charge in [-0.25, -0.2) is 9.97 Å². The highest BCUT2D eigenvalue weighted by molar-refractivity contribution is 7.19. The molecule has 0 aliphatic heterocycles. The van der Waals surface area contributed by atoms with Crippen LogP contribution in [0, 0.1) is 6.92 Å². The maximum absolute atomic E-state index is 13.5. The number of aryl methyl sites for hydroxylation is 1. The van der Waals surface area contributed by atoms with Crippen molar-refractivity contribution in [2.75, 3.05) is 5.32 Å². The van der Waals surface area contributed by atoms with Crippen LogP contribution in [0.4, 0.5) is 10.8 Å². The molecule has 2 heterocycles. The lowest BCUT2D eigenvalue weighted by molar-refractivity contribution is 0.976. The van der Waals surface area contributed by atoms with E-state index >= 15 is 0 Å². The van der Waals surface area contributed by atoms with Crippen molar-refractivity contribution >= 4 is 44.7 Å². The summed E-state index contributed by atoms with van der Waals surface area (Å²) >= 11 is 7.54. The summed E-state index contributed by atoms with van der Waals surface area (Å²) in [4.78, 5) is 23.8. The maximum Gasteiger partial charge on any atom is 0.266 e.